The molecule has 0 aromatic heterocycles. The fourth-order valence-corrected chi connectivity index (χ4v) is 4.02. The van der Waals surface area contributed by atoms with Crippen LogP contribution in [0.2, 0.25) is 0 Å². The number of hydrogen-bond acceptors (Lipinski definition) is 5. The molecule has 0 amide bonds. The van der Waals surface area contributed by atoms with Crippen molar-refractivity contribution in [3.05, 3.63) is 23.8 Å². The van der Waals surface area contributed by atoms with E-state index in [1.54, 1.807) is 6.07 Å². The van der Waals surface area contributed by atoms with Gasteiger partial charge in [0.15, 0.2) is 0 Å². The minimum absolute atomic E-state index is 0.180. The van der Waals surface area contributed by atoms with Crippen LogP contribution in [-0.2, 0) is 11.3 Å². The van der Waals surface area contributed by atoms with E-state index in [-0.39, 0.29) is 5.75 Å². The monoisotopic (exact) mass is 384 g/mol. The fourth-order valence-electron chi connectivity index (χ4n) is 4.02. The third-order valence-electron chi connectivity index (χ3n) is 5.32. The Bertz CT molecular complexity index is 582. The van der Waals surface area contributed by atoms with Gasteiger partial charge in [-0.1, -0.05) is 19.4 Å². The largest absolute Gasteiger partial charge is 0.493 e. The highest BCUT2D eigenvalue weighted by Gasteiger charge is 2.34. The number of rotatable bonds is 9. The summed E-state index contributed by atoms with van der Waals surface area (Å²) in [6.45, 7) is 2.58. The van der Waals surface area contributed by atoms with Crippen LogP contribution >= 0.6 is 0 Å². The van der Waals surface area contributed by atoms with Crippen molar-refractivity contribution < 1.29 is 23.0 Å². The van der Waals surface area contributed by atoms with Gasteiger partial charge in [0, 0.05) is 36.8 Å². The first-order valence-corrected chi connectivity index (χ1v) is 9.92. The van der Waals surface area contributed by atoms with Crippen molar-refractivity contribution in [2.24, 2.45) is 5.92 Å². The smallest absolute Gasteiger partial charge is 0.387 e. The molecular weight excluding hydrogens is 354 g/mol. The Morgan fingerprint density at radius 1 is 1.33 bits per heavy atom. The molecular formula is C20H30F2N2O3. The highest BCUT2D eigenvalue weighted by molar-refractivity contribution is 5.40. The molecule has 3 rings (SSSR count). The molecule has 1 aromatic rings. The Morgan fingerprint density at radius 3 is 2.96 bits per heavy atom. The van der Waals surface area contributed by atoms with E-state index >= 15 is 0 Å². The lowest BCUT2D eigenvalue weighted by molar-refractivity contribution is -0.0506. The lowest BCUT2D eigenvalue weighted by Crippen LogP contribution is -2.50. The Balaban J connectivity index is 1.63. The SMILES string of the molecule is CCCOc1ccc(CNC2CCCC2C2COCCN2)c(OC(F)F)c1. The van der Waals surface area contributed by atoms with Crippen LogP contribution in [-0.4, -0.2) is 45.1 Å². The molecule has 1 aliphatic carbocycles. The molecule has 2 fully saturated rings. The first-order valence-electron chi connectivity index (χ1n) is 9.92. The molecule has 0 bridgehead atoms. The van der Waals surface area contributed by atoms with Crippen LogP contribution in [0.4, 0.5) is 8.78 Å². The summed E-state index contributed by atoms with van der Waals surface area (Å²) in [4.78, 5) is 0. The van der Waals surface area contributed by atoms with Crippen LogP contribution in [0, 0.1) is 5.92 Å². The Labute approximate surface area is 159 Å². The van der Waals surface area contributed by atoms with Crippen LogP contribution in [0.3, 0.4) is 0 Å². The summed E-state index contributed by atoms with van der Waals surface area (Å²) in [6, 6.07) is 5.89. The fraction of sp³-hybridized carbons (Fsp3) is 0.700. The average Bonchev–Trinajstić information content (AvgIpc) is 3.14. The van der Waals surface area contributed by atoms with Crippen LogP contribution in [0.25, 0.3) is 0 Å². The van der Waals surface area contributed by atoms with Crippen LogP contribution in [0.15, 0.2) is 18.2 Å². The first-order chi connectivity index (χ1) is 13.2. The van der Waals surface area contributed by atoms with Gasteiger partial charge in [0.05, 0.1) is 19.8 Å². The summed E-state index contributed by atoms with van der Waals surface area (Å²) in [6.07, 6.45) is 4.27. The van der Waals surface area contributed by atoms with Gasteiger partial charge in [-0.2, -0.15) is 8.78 Å². The Hall–Kier alpha value is -1.44. The Kier molecular flexibility index (Phi) is 7.67. The van der Waals surface area contributed by atoms with Crippen molar-refractivity contribution in [1.82, 2.24) is 10.6 Å². The molecule has 0 radical (unpaired) electrons. The maximum absolute atomic E-state index is 12.8. The van der Waals surface area contributed by atoms with Crippen molar-refractivity contribution in [2.75, 3.05) is 26.4 Å². The van der Waals surface area contributed by atoms with Gasteiger partial charge >= 0.3 is 6.61 Å². The molecule has 1 aliphatic heterocycles. The van der Waals surface area contributed by atoms with E-state index in [2.05, 4.69) is 10.6 Å². The van der Waals surface area contributed by atoms with Crippen molar-refractivity contribution in [3.8, 4) is 11.5 Å². The number of ether oxygens (including phenoxy) is 3. The third kappa shape index (κ3) is 5.77. The summed E-state index contributed by atoms with van der Waals surface area (Å²) < 4.78 is 41.5. The first kappa shape index (κ1) is 20.3. The molecule has 0 spiro atoms. The summed E-state index contributed by atoms with van der Waals surface area (Å²) in [5.41, 5.74) is 0.720. The van der Waals surface area contributed by atoms with Crippen LogP contribution in [0.5, 0.6) is 11.5 Å². The second-order valence-electron chi connectivity index (χ2n) is 7.21. The lowest BCUT2D eigenvalue weighted by atomic mass is 9.94. The highest BCUT2D eigenvalue weighted by Crippen LogP contribution is 2.31. The molecule has 5 nitrogen and oxygen atoms in total. The molecule has 1 saturated heterocycles. The molecule has 1 aromatic carbocycles. The Morgan fingerprint density at radius 2 is 2.22 bits per heavy atom. The maximum Gasteiger partial charge on any atom is 0.387 e. The lowest BCUT2D eigenvalue weighted by Gasteiger charge is -2.33. The molecule has 2 N–H and O–H groups in total. The quantitative estimate of drug-likeness (QED) is 0.684. The van der Waals surface area contributed by atoms with E-state index in [1.165, 1.54) is 6.42 Å². The van der Waals surface area contributed by atoms with Gasteiger partial charge in [0.2, 0.25) is 0 Å². The van der Waals surface area contributed by atoms with Crippen molar-refractivity contribution in [1.29, 1.82) is 0 Å². The summed E-state index contributed by atoms with van der Waals surface area (Å²) >= 11 is 0. The molecule has 2 aliphatic rings. The number of nitrogens with one attached hydrogen (secondary N) is 2. The van der Waals surface area contributed by atoms with E-state index in [9.17, 15) is 8.78 Å². The summed E-state index contributed by atoms with van der Waals surface area (Å²) in [5, 5.41) is 7.11. The van der Waals surface area contributed by atoms with Crippen LogP contribution < -0.4 is 20.1 Å². The van der Waals surface area contributed by atoms with Crippen molar-refractivity contribution >= 4 is 0 Å². The molecule has 7 heteroatoms. The number of morpholine rings is 1. The van der Waals surface area contributed by atoms with E-state index in [4.69, 9.17) is 14.2 Å². The van der Waals surface area contributed by atoms with Crippen LogP contribution in [0.1, 0.15) is 38.2 Å². The van der Waals surface area contributed by atoms with Crippen molar-refractivity contribution in [2.45, 2.75) is 57.8 Å². The molecule has 1 saturated carbocycles. The highest BCUT2D eigenvalue weighted by atomic mass is 19.3. The molecule has 27 heavy (non-hydrogen) atoms. The topological polar surface area (TPSA) is 51.8 Å². The summed E-state index contributed by atoms with van der Waals surface area (Å²) in [7, 11) is 0. The second-order valence-corrected chi connectivity index (χ2v) is 7.21. The molecule has 3 unspecified atom stereocenters. The van der Waals surface area contributed by atoms with Gasteiger partial charge in [-0.15, -0.1) is 0 Å². The van der Waals surface area contributed by atoms with Crippen molar-refractivity contribution in [3.63, 3.8) is 0 Å². The zero-order valence-electron chi connectivity index (χ0n) is 15.9. The average molecular weight is 384 g/mol. The van der Waals surface area contributed by atoms with Gasteiger partial charge in [-0.3, -0.25) is 0 Å². The predicted molar refractivity (Wildman–Crippen MR) is 99.4 cm³/mol. The maximum atomic E-state index is 12.8. The van der Waals surface area contributed by atoms with Gasteiger partial charge in [0.1, 0.15) is 11.5 Å². The minimum atomic E-state index is -2.85. The molecule has 1 heterocycles. The standard InChI is InChI=1S/C20H30F2N2O3/c1-2-9-26-15-7-6-14(19(11-15)27-20(21)22)12-24-17-5-3-4-16(17)18-13-25-10-8-23-18/h6-7,11,16-18,20,23-24H,2-5,8-10,12-13H2,1H3. The third-order valence-corrected chi connectivity index (χ3v) is 5.32. The zero-order chi connectivity index (χ0) is 19.1. The predicted octanol–water partition coefficient (Wildman–Crippen LogP) is 3.32. The van der Waals surface area contributed by atoms with E-state index in [1.807, 2.05) is 19.1 Å². The number of alkyl halides is 2. The minimum Gasteiger partial charge on any atom is -0.493 e. The zero-order valence-corrected chi connectivity index (χ0v) is 15.9. The molecule has 3 atom stereocenters. The number of benzene rings is 1. The number of hydrogen-bond donors (Lipinski definition) is 2. The van der Waals surface area contributed by atoms with E-state index in [0.29, 0.717) is 36.9 Å². The van der Waals surface area contributed by atoms with Gasteiger partial charge in [-0.25, -0.2) is 0 Å². The number of halogens is 2. The van der Waals surface area contributed by atoms with E-state index < -0.39 is 6.61 Å². The van der Waals surface area contributed by atoms with Gasteiger partial charge < -0.3 is 24.8 Å². The van der Waals surface area contributed by atoms with Gasteiger partial charge in [0.25, 0.3) is 0 Å². The van der Waals surface area contributed by atoms with Gasteiger partial charge in [-0.05, 0) is 31.2 Å². The van der Waals surface area contributed by atoms with E-state index in [0.717, 1.165) is 44.6 Å². The molecule has 152 valence electrons. The summed E-state index contributed by atoms with van der Waals surface area (Å²) in [5.74, 6) is 1.23. The normalized spacial score (nSPS) is 25.7. The second kappa shape index (κ2) is 10.2.